The number of rotatable bonds is 4. The van der Waals surface area contributed by atoms with Crippen LogP contribution in [0.3, 0.4) is 0 Å². The largest absolute Gasteiger partial charge is 0.324 e. The topological polar surface area (TPSA) is 70.7 Å². The van der Waals surface area contributed by atoms with E-state index in [1.165, 1.54) is 18.1 Å². The van der Waals surface area contributed by atoms with Crippen LogP contribution < -0.4 is 5.32 Å². The number of hydrogen-bond acceptors (Lipinski definition) is 4. The van der Waals surface area contributed by atoms with Gasteiger partial charge in [0.25, 0.3) is 0 Å². The molecule has 0 bridgehead atoms. The highest BCUT2D eigenvalue weighted by atomic mass is 79.9. The Morgan fingerprint density at radius 3 is 3.06 bits per heavy atom. The lowest BCUT2D eigenvalue weighted by Gasteiger charge is -2.07. The van der Waals surface area contributed by atoms with Crippen LogP contribution in [0.1, 0.15) is 5.56 Å². The van der Waals surface area contributed by atoms with Crippen molar-refractivity contribution in [3.63, 3.8) is 0 Å². The summed E-state index contributed by atoms with van der Waals surface area (Å²) >= 11 is 4.72. The Kier molecular flexibility index (Phi) is 4.38. The van der Waals surface area contributed by atoms with Crippen LogP contribution in [0.25, 0.3) is 0 Å². The zero-order chi connectivity index (χ0) is 13.0. The average Bonchev–Trinajstić information content (AvgIpc) is 2.83. The maximum atomic E-state index is 11.7. The van der Waals surface area contributed by atoms with Gasteiger partial charge in [0.05, 0.1) is 11.4 Å². The third kappa shape index (κ3) is 3.58. The minimum atomic E-state index is -0.0825. The van der Waals surface area contributed by atoms with Crippen LogP contribution >= 0.6 is 27.7 Å². The van der Waals surface area contributed by atoms with Gasteiger partial charge in [0.2, 0.25) is 5.91 Å². The number of aromatic nitrogens is 3. The number of amides is 1. The number of nitrogens with zero attached hydrogens (tertiary/aromatic N) is 2. The van der Waals surface area contributed by atoms with Crippen LogP contribution in [0.15, 0.2) is 34.2 Å². The highest BCUT2D eigenvalue weighted by Gasteiger charge is 2.07. The summed E-state index contributed by atoms with van der Waals surface area (Å²) in [6, 6.07) is 5.78. The molecule has 0 unspecified atom stereocenters. The molecule has 0 atom stereocenters. The van der Waals surface area contributed by atoms with Crippen molar-refractivity contribution in [1.82, 2.24) is 15.2 Å². The highest BCUT2D eigenvalue weighted by molar-refractivity contribution is 9.10. The Morgan fingerprint density at radius 2 is 2.39 bits per heavy atom. The van der Waals surface area contributed by atoms with Gasteiger partial charge in [0.15, 0.2) is 5.16 Å². The average molecular weight is 327 g/mol. The molecule has 94 valence electrons. The molecule has 1 aromatic carbocycles. The molecule has 0 aliphatic carbocycles. The normalized spacial score (nSPS) is 10.3. The highest BCUT2D eigenvalue weighted by Crippen LogP contribution is 2.23. The SMILES string of the molecule is Cc1ccc(NC(=O)CSc2ncn[nH]2)c(Br)c1. The van der Waals surface area contributed by atoms with Crippen molar-refractivity contribution in [3.8, 4) is 0 Å². The number of aryl methyl sites for hydroxylation is 1. The predicted octanol–water partition coefficient (Wildman–Crippen LogP) is 2.61. The number of carbonyl (C=O) groups is 1. The van der Waals surface area contributed by atoms with E-state index < -0.39 is 0 Å². The monoisotopic (exact) mass is 326 g/mol. The van der Waals surface area contributed by atoms with E-state index >= 15 is 0 Å². The van der Waals surface area contributed by atoms with Gasteiger partial charge in [-0.05, 0) is 40.5 Å². The second kappa shape index (κ2) is 6.01. The van der Waals surface area contributed by atoms with E-state index in [9.17, 15) is 4.79 Å². The fourth-order valence-corrected chi connectivity index (χ4v) is 2.48. The first kappa shape index (κ1) is 13.1. The summed E-state index contributed by atoms with van der Waals surface area (Å²) in [5.41, 5.74) is 1.90. The number of halogens is 1. The van der Waals surface area contributed by atoms with Gasteiger partial charge >= 0.3 is 0 Å². The van der Waals surface area contributed by atoms with Crippen LogP contribution in [0, 0.1) is 6.92 Å². The molecule has 1 amide bonds. The Morgan fingerprint density at radius 1 is 1.56 bits per heavy atom. The Hall–Kier alpha value is -1.34. The van der Waals surface area contributed by atoms with Crippen LogP contribution in [-0.4, -0.2) is 26.8 Å². The van der Waals surface area contributed by atoms with Gasteiger partial charge in [0, 0.05) is 4.47 Å². The van der Waals surface area contributed by atoms with Gasteiger partial charge in [-0.2, -0.15) is 5.10 Å². The van der Waals surface area contributed by atoms with Crippen LogP contribution in [-0.2, 0) is 4.79 Å². The van der Waals surface area contributed by atoms with Crippen molar-refractivity contribution in [3.05, 3.63) is 34.6 Å². The van der Waals surface area contributed by atoms with Gasteiger partial charge in [-0.25, -0.2) is 4.98 Å². The van der Waals surface area contributed by atoms with E-state index in [2.05, 4.69) is 36.4 Å². The lowest BCUT2D eigenvalue weighted by molar-refractivity contribution is -0.113. The minimum Gasteiger partial charge on any atom is -0.324 e. The Balaban J connectivity index is 1.91. The van der Waals surface area contributed by atoms with Crippen molar-refractivity contribution >= 4 is 39.3 Å². The summed E-state index contributed by atoms with van der Waals surface area (Å²) < 4.78 is 0.875. The van der Waals surface area contributed by atoms with Crippen molar-refractivity contribution in [1.29, 1.82) is 0 Å². The number of carbonyl (C=O) groups excluding carboxylic acids is 1. The van der Waals surface area contributed by atoms with Crippen LogP contribution in [0.5, 0.6) is 0 Å². The molecule has 5 nitrogen and oxygen atoms in total. The number of aromatic amines is 1. The smallest absolute Gasteiger partial charge is 0.234 e. The molecular formula is C11H11BrN4OS. The number of nitrogens with one attached hydrogen (secondary N) is 2. The molecule has 0 aliphatic rings. The fourth-order valence-electron chi connectivity index (χ4n) is 1.31. The first-order valence-corrected chi connectivity index (χ1v) is 6.97. The molecule has 1 heterocycles. The molecule has 0 aliphatic heterocycles. The fraction of sp³-hybridized carbons (Fsp3) is 0.182. The van der Waals surface area contributed by atoms with Gasteiger partial charge in [-0.1, -0.05) is 17.8 Å². The van der Waals surface area contributed by atoms with E-state index in [-0.39, 0.29) is 11.7 Å². The Bertz CT molecular complexity index is 544. The molecule has 2 aromatic rings. The van der Waals surface area contributed by atoms with Gasteiger partial charge in [-0.15, -0.1) is 0 Å². The van der Waals surface area contributed by atoms with Gasteiger partial charge in [-0.3, -0.25) is 9.89 Å². The molecule has 0 radical (unpaired) electrons. The lowest BCUT2D eigenvalue weighted by atomic mass is 10.2. The first-order valence-electron chi connectivity index (χ1n) is 5.19. The zero-order valence-corrected chi connectivity index (χ0v) is 12.0. The van der Waals surface area contributed by atoms with E-state index in [1.54, 1.807) is 0 Å². The number of H-pyrrole nitrogens is 1. The summed E-state index contributed by atoms with van der Waals surface area (Å²) in [6.07, 6.45) is 1.41. The molecule has 0 saturated heterocycles. The standard InChI is InChI=1S/C11H11BrN4OS/c1-7-2-3-9(8(12)4-7)15-10(17)5-18-11-13-6-14-16-11/h2-4,6H,5H2,1H3,(H,15,17)(H,13,14,16). The third-order valence-electron chi connectivity index (χ3n) is 2.13. The van der Waals surface area contributed by atoms with Gasteiger partial charge < -0.3 is 5.32 Å². The molecule has 0 fully saturated rings. The van der Waals surface area contributed by atoms with Crippen LogP contribution in [0.4, 0.5) is 5.69 Å². The van der Waals surface area contributed by atoms with E-state index in [4.69, 9.17) is 0 Å². The Labute approximate surface area is 117 Å². The molecule has 7 heteroatoms. The summed E-state index contributed by atoms with van der Waals surface area (Å²) in [6.45, 7) is 2.00. The summed E-state index contributed by atoms with van der Waals surface area (Å²) in [4.78, 5) is 15.7. The number of anilines is 1. The number of thioether (sulfide) groups is 1. The van der Waals surface area contributed by atoms with Crippen LogP contribution in [0.2, 0.25) is 0 Å². The maximum absolute atomic E-state index is 11.7. The summed E-state index contributed by atoms with van der Waals surface area (Å²) in [7, 11) is 0. The lowest BCUT2D eigenvalue weighted by Crippen LogP contribution is -2.14. The van der Waals surface area contributed by atoms with E-state index in [0.717, 1.165) is 15.7 Å². The third-order valence-corrected chi connectivity index (χ3v) is 3.66. The summed E-state index contributed by atoms with van der Waals surface area (Å²) in [5.74, 6) is 0.205. The molecule has 0 saturated carbocycles. The molecule has 0 spiro atoms. The first-order chi connectivity index (χ1) is 8.65. The number of hydrogen-bond donors (Lipinski definition) is 2. The van der Waals surface area contributed by atoms with Crippen molar-refractivity contribution in [2.24, 2.45) is 0 Å². The predicted molar refractivity (Wildman–Crippen MR) is 74.6 cm³/mol. The molecule has 18 heavy (non-hydrogen) atoms. The second-order valence-corrected chi connectivity index (χ2v) is 5.43. The molecule has 2 rings (SSSR count). The quantitative estimate of drug-likeness (QED) is 0.847. The zero-order valence-electron chi connectivity index (χ0n) is 9.61. The summed E-state index contributed by atoms with van der Waals surface area (Å²) in [5, 5.41) is 9.86. The molecule has 1 aromatic heterocycles. The van der Waals surface area contributed by atoms with Gasteiger partial charge in [0.1, 0.15) is 6.33 Å². The second-order valence-electron chi connectivity index (χ2n) is 3.61. The van der Waals surface area contributed by atoms with Crippen molar-refractivity contribution in [2.75, 3.05) is 11.1 Å². The van der Waals surface area contributed by atoms with E-state index in [1.807, 2.05) is 25.1 Å². The number of benzene rings is 1. The molecular weight excluding hydrogens is 316 g/mol. The maximum Gasteiger partial charge on any atom is 0.234 e. The molecule has 2 N–H and O–H groups in total. The van der Waals surface area contributed by atoms with Crippen molar-refractivity contribution < 1.29 is 4.79 Å². The minimum absolute atomic E-state index is 0.0825. The van der Waals surface area contributed by atoms with E-state index in [0.29, 0.717) is 5.16 Å². The van der Waals surface area contributed by atoms with Crippen molar-refractivity contribution in [2.45, 2.75) is 12.1 Å².